The molecule has 2 heterocycles. The van der Waals surface area contributed by atoms with E-state index < -0.39 is 0 Å². The van der Waals surface area contributed by atoms with Gasteiger partial charge in [-0.1, -0.05) is 48.0 Å². The highest BCUT2D eigenvalue weighted by molar-refractivity contribution is 9.28. The summed E-state index contributed by atoms with van der Waals surface area (Å²) in [5.74, 6) is 0.756. The first kappa shape index (κ1) is 24.3. The van der Waals surface area contributed by atoms with E-state index in [1.165, 1.54) is 0 Å². The zero-order valence-electron chi connectivity index (χ0n) is 18.1. The van der Waals surface area contributed by atoms with Gasteiger partial charge in [0.25, 0.3) is 0 Å². The van der Waals surface area contributed by atoms with Gasteiger partial charge in [-0.2, -0.15) is 5.10 Å². The van der Waals surface area contributed by atoms with Crippen LogP contribution in [0.3, 0.4) is 0 Å². The van der Waals surface area contributed by atoms with E-state index in [9.17, 15) is 0 Å². The van der Waals surface area contributed by atoms with Gasteiger partial charge in [0.05, 0.1) is 30.5 Å². The Bertz CT molecular complexity index is 1530. The number of hydrogen-bond donors (Lipinski definition) is 0. The lowest BCUT2D eigenvalue weighted by Gasteiger charge is -2.10. The van der Waals surface area contributed by atoms with Crippen molar-refractivity contribution in [2.75, 3.05) is 0 Å². The summed E-state index contributed by atoms with van der Waals surface area (Å²) in [5, 5.41) is 6.62. The molecule has 0 spiro atoms. The van der Waals surface area contributed by atoms with Crippen molar-refractivity contribution in [2.24, 2.45) is 0 Å². The van der Waals surface area contributed by atoms with Crippen molar-refractivity contribution in [2.45, 2.75) is 6.61 Å². The van der Waals surface area contributed by atoms with Crippen LogP contribution in [0.2, 0.25) is 5.02 Å². The molecular formula is C27H17Br3ClN3O. The van der Waals surface area contributed by atoms with Gasteiger partial charge < -0.3 is 4.74 Å². The molecule has 0 atom stereocenters. The minimum Gasteiger partial charge on any atom is -0.487 e. The van der Waals surface area contributed by atoms with Gasteiger partial charge in [-0.15, -0.1) is 0 Å². The predicted molar refractivity (Wildman–Crippen MR) is 154 cm³/mol. The number of fused-ring (bicyclic) bond motifs is 1. The van der Waals surface area contributed by atoms with Gasteiger partial charge in [0.2, 0.25) is 0 Å². The van der Waals surface area contributed by atoms with E-state index in [4.69, 9.17) is 21.4 Å². The molecule has 0 unspecified atom stereocenters. The molecule has 5 rings (SSSR count). The Labute approximate surface area is 233 Å². The zero-order chi connectivity index (χ0) is 24.4. The predicted octanol–water partition coefficient (Wildman–Crippen LogP) is 9.17. The Kier molecular flexibility index (Phi) is 7.39. The van der Waals surface area contributed by atoms with Crippen LogP contribution < -0.4 is 4.74 Å². The van der Waals surface area contributed by atoms with E-state index in [1.54, 1.807) is 0 Å². The summed E-state index contributed by atoms with van der Waals surface area (Å²) < 4.78 is 9.57. The Morgan fingerprint density at radius 1 is 0.914 bits per heavy atom. The molecule has 174 valence electrons. The standard InChI is InChI=1S/C27H17Br3ClN3O/c28-25(29)15-24-26(30)27(18-5-8-19(31)9-6-18)34(33-24)21-11-13-22(14-12-21)35-16-20-10-7-17-3-1-2-4-23(17)32-20/h1-15H,16H2. The highest BCUT2D eigenvalue weighted by atomic mass is 79.9. The number of benzene rings is 3. The molecule has 0 aliphatic rings. The molecule has 0 N–H and O–H groups in total. The number of nitrogens with zero attached hydrogens (tertiary/aromatic N) is 3. The Morgan fingerprint density at radius 3 is 2.40 bits per heavy atom. The third-order valence-corrected chi connectivity index (χ3v) is 6.83. The molecule has 0 saturated heterocycles. The van der Waals surface area contributed by atoms with E-state index in [1.807, 2.05) is 83.6 Å². The molecule has 0 saturated carbocycles. The number of ether oxygens (including phenoxy) is 1. The SMILES string of the molecule is Clc1ccc(-c2c(Br)c(C=C(Br)Br)nn2-c2ccc(OCc3ccc4ccccc4n3)cc2)cc1. The third kappa shape index (κ3) is 5.54. The van der Waals surface area contributed by atoms with E-state index >= 15 is 0 Å². The maximum Gasteiger partial charge on any atom is 0.130 e. The maximum absolute atomic E-state index is 6.12. The minimum atomic E-state index is 0.391. The number of para-hydroxylation sites is 1. The number of pyridine rings is 1. The number of halogens is 4. The molecule has 0 bridgehead atoms. The molecule has 35 heavy (non-hydrogen) atoms. The number of hydrogen-bond acceptors (Lipinski definition) is 3. The molecule has 4 nitrogen and oxygen atoms in total. The lowest BCUT2D eigenvalue weighted by Crippen LogP contribution is -2.01. The van der Waals surface area contributed by atoms with Crippen molar-refractivity contribution in [1.82, 2.24) is 14.8 Å². The van der Waals surface area contributed by atoms with Crippen molar-refractivity contribution >= 4 is 76.4 Å². The van der Waals surface area contributed by atoms with Gasteiger partial charge in [0, 0.05) is 16.0 Å². The van der Waals surface area contributed by atoms with Crippen LogP contribution >= 0.6 is 59.4 Å². The monoisotopic (exact) mass is 671 g/mol. The van der Waals surface area contributed by atoms with Crippen LogP contribution in [0.1, 0.15) is 11.4 Å². The Morgan fingerprint density at radius 2 is 1.66 bits per heavy atom. The largest absolute Gasteiger partial charge is 0.487 e. The normalized spacial score (nSPS) is 11.0. The van der Waals surface area contributed by atoms with E-state index in [2.05, 4.69) is 64.9 Å². The van der Waals surface area contributed by atoms with Gasteiger partial charge in [0.1, 0.15) is 18.1 Å². The van der Waals surface area contributed by atoms with Gasteiger partial charge in [0.15, 0.2) is 0 Å². The number of rotatable bonds is 6. The van der Waals surface area contributed by atoms with Crippen LogP contribution in [0.15, 0.2) is 92.8 Å². The lowest BCUT2D eigenvalue weighted by molar-refractivity contribution is 0.302. The first-order chi connectivity index (χ1) is 17.0. The summed E-state index contributed by atoms with van der Waals surface area (Å²) in [7, 11) is 0. The fraction of sp³-hybridized carbons (Fsp3) is 0.0370. The second-order valence-corrected chi connectivity index (χ2v) is 11.7. The summed E-state index contributed by atoms with van der Waals surface area (Å²) in [6, 6.07) is 27.7. The van der Waals surface area contributed by atoms with Crippen molar-refractivity contribution < 1.29 is 4.74 Å². The highest BCUT2D eigenvalue weighted by Gasteiger charge is 2.18. The first-order valence-electron chi connectivity index (χ1n) is 10.6. The molecule has 0 fully saturated rings. The van der Waals surface area contributed by atoms with E-state index in [0.29, 0.717) is 11.6 Å². The van der Waals surface area contributed by atoms with Gasteiger partial charge >= 0.3 is 0 Å². The lowest BCUT2D eigenvalue weighted by atomic mass is 10.1. The molecule has 2 aromatic heterocycles. The van der Waals surface area contributed by atoms with E-state index in [-0.39, 0.29) is 0 Å². The van der Waals surface area contributed by atoms with Crippen molar-refractivity contribution in [3.8, 4) is 22.7 Å². The molecule has 0 aliphatic carbocycles. The van der Waals surface area contributed by atoms with Crippen LogP contribution in [0.4, 0.5) is 0 Å². The van der Waals surface area contributed by atoms with Crippen molar-refractivity contribution in [3.63, 3.8) is 0 Å². The molecule has 5 aromatic rings. The maximum atomic E-state index is 6.12. The van der Waals surface area contributed by atoms with Crippen LogP contribution in [-0.2, 0) is 6.61 Å². The quantitative estimate of drug-likeness (QED) is 0.180. The average Bonchev–Trinajstić information content (AvgIpc) is 3.18. The molecule has 3 aromatic carbocycles. The third-order valence-electron chi connectivity index (χ3n) is 5.34. The number of aromatic nitrogens is 3. The van der Waals surface area contributed by atoms with Gasteiger partial charge in [-0.3, -0.25) is 0 Å². The molecule has 0 amide bonds. The fourth-order valence-electron chi connectivity index (χ4n) is 3.68. The average molecular weight is 675 g/mol. The van der Waals surface area contributed by atoms with Crippen molar-refractivity contribution in [3.05, 3.63) is 109 Å². The second kappa shape index (κ2) is 10.7. The highest BCUT2D eigenvalue weighted by Crippen LogP contribution is 2.36. The fourth-order valence-corrected chi connectivity index (χ4v) is 4.83. The molecule has 0 radical (unpaired) electrons. The first-order valence-corrected chi connectivity index (χ1v) is 13.4. The smallest absolute Gasteiger partial charge is 0.130 e. The topological polar surface area (TPSA) is 39.9 Å². The summed E-state index contributed by atoms with van der Waals surface area (Å²) in [6.45, 7) is 0.391. The second-order valence-electron chi connectivity index (χ2n) is 7.68. The van der Waals surface area contributed by atoms with Crippen LogP contribution in [0.5, 0.6) is 5.75 Å². The summed E-state index contributed by atoms with van der Waals surface area (Å²) in [4.78, 5) is 4.68. The summed E-state index contributed by atoms with van der Waals surface area (Å²) in [5.41, 5.74) is 5.43. The van der Waals surface area contributed by atoms with Gasteiger partial charge in [-0.25, -0.2) is 9.67 Å². The summed E-state index contributed by atoms with van der Waals surface area (Å²) in [6.07, 6.45) is 1.90. The van der Waals surface area contributed by atoms with Crippen LogP contribution in [0.25, 0.3) is 33.9 Å². The Balaban J connectivity index is 1.42. The molecule has 8 heteroatoms. The summed E-state index contributed by atoms with van der Waals surface area (Å²) >= 11 is 16.7. The Hall–Kier alpha value is -2.45. The van der Waals surface area contributed by atoms with E-state index in [0.717, 1.165) is 52.8 Å². The van der Waals surface area contributed by atoms with Gasteiger partial charge in [-0.05, 0) is 102 Å². The zero-order valence-corrected chi connectivity index (χ0v) is 23.6. The van der Waals surface area contributed by atoms with Crippen LogP contribution in [-0.4, -0.2) is 14.8 Å². The molecule has 0 aliphatic heterocycles. The minimum absolute atomic E-state index is 0.391. The van der Waals surface area contributed by atoms with Crippen molar-refractivity contribution in [1.29, 1.82) is 0 Å². The van der Waals surface area contributed by atoms with Crippen LogP contribution in [0, 0.1) is 0 Å². The molecular weight excluding hydrogens is 657 g/mol.